The van der Waals surface area contributed by atoms with Crippen LogP contribution in [0.15, 0.2) is 29.0 Å². The number of carbonyl (C=O) groups excluding carboxylic acids is 3. The summed E-state index contributed by atoms with van der Waals surface area (Å²) in [6, 6.07) is 2.59. The van der Waals surface area contributed by atoms with Crippen molar-refractivity contribution in [1.82, 2.24) is 9.80 Å². The van der Waals surface area contributed by atoms with Gasteiger partial charge >= 0.3 is 0 Å². The summed E-state index contributed by atoms with van der Waals surface area (Å²) in [6.07, 6.45) is 2.11. The number of Topliss-reactive ketones (excluding diaryl/α,β-unsaturated/α-hetero) is 2. The number of nitrogens with two attached hydrogens (primary N) is 1. The highest BCUT2D eigenvalue weighted by Crippen LogP contribution is 2.53. The molecule has 4 aliphatic rings. The monoisotopic (exact) mass is 526 g/mol. The summed E-state index contributed by atoms with van der Waals surface area (Å²) in [5, 5.41) is 48.4. The first-order valence-corrected chi connectivity index (χ1v) is 12.8. The number of primary amides is 1. The van der Waals surface area contributed by atoms with Crippen molar-refractivity contribution in [3.8, 4) is 5.75 Å². The molecule has 5 rings (SSSR count). The molecular formula is C27H34N4O7. The zero-order chi connectivity index (χ0) is 27.7. The fraction of sp³-hybridized carbons (Fsp3) is 0.519. The average Bonchev–Trinajstić information content (AvgIpc) is 2.84. The number of nitrogens with one attached hydrogen (secondary N) is 1. The van der Waals surface area contributed by atoms with Crippen LogP contribution in [-0.2, 0) is 20.8 Å². The maximum Gasteiger partial charge on any atom is 0.255 e. The second-order valence-electron chi connectivity index (χ2n) is 11.2. The number of nitrogens with zero attached hydrogens (tertiary/aromatic N) is 2. The number of fused-ring (bicyclic) bond motifs is 3. The standard InChI is InChI=1S/C27H34N4O7/c1-30(2)20-15-11-13-10-12-4-5-16(29-14-6-8-31(3)9-7-14)21(32)17(12)22(33)18(13)24(35)27(15,38)25(36)19(23(20)34)26(28)37/h4-5,13-15,20,29,32-33,36,38H,6-11H2,1-3H3,(H2,28,37)/t13-,15-,20-,27-/m1/s1. The number of rotatable bonds is 4. The molecule has 2 fully saturated rings. The lowest BCUT2D eigenvalue weighted by Gasteiger charge is -2.50. The molecule has 4 atom stereocenters. The molecule has 0 bridgehead atoms. The molecule has 7 N–H and O–H groups in total. The number of phenolic OH excluding ortho intramolecular Hbond substituents is 1. The maximum atomic E-state index is 13.9. The third-order valence-electron chi connectivity index (χ3n) is 8.67. The number of aliphatic hydroxyl groups excluding tert-OH is 2. The topological polar surface area (TPSA) is 177 Å². The van der Waals surface area contributed by atoms with Gasteiger partial charge in [-0.15, -0.1) is 0 Å². The molecule has 38 heavy (non-hydrogen) atoms. The van der Waals surface area contributed by atoms with E-state index in [4.69, 9.17) is 5.73 Å². The fourth-order valence-corrected chi connectivity index (χ4v) is 6.71. The van der Waals surface area contributed by atoms with Crippen LogP contribution in [0, 0.1) is 11.8 Å². The van der Waals surface area contributed by atoms with E-state index in [1.165, 1.54) is 4.90 Å². The molecule has 1 saturated carbocycles. The number of likely N-dealkylation sites (tertiary alicyclic amines) is 1. The number of phenols is 1. The first kappa shape index (κ1) is 26.2. The van der Waals surface area contributed by atoms with E-state index >= 15 is 0 Å². The quantitative estimate of drug-likeness (QED) is 0.239. The zero-order valence-corrected chi connectivity index (χ0v) is 21.7. The van der Waals surface area contributed by atoms with Crippen LogP contribution in [0.3, 0.4) is 0 Å². The van der Waals surface area contributed by atoms with Crippen LogP contribution < -0.4 is 11.1 Å². The number of hydrogen-bond acceptors (Lipinski definition) is 10. The van der Waals surface area contributed by atoms with E-state index in [0.717, 1.165) is 25.9 Å². The maximum absolute atomic E-state index is 13.9. The van der Waals surface area contributed by atoms with Crippen LogP contribution in [0.4, 0.5) is 5.69 Å². The normalized spacial score (nSPS) is 30.3. The minimum atomic E-state index is -2.63. The van der Waals surface area contributed by atoms with Gasteiger partial charge in [-0.05, 0) is 77.5 Å². The number of aliphatic hydroxyl groups is 3. The number of amides is 1. The molecule has 11 heteroatoms. The lowest BCUT2D eigenvalue weighted by Crippen LogP contribution is -2.65. The van der Waals surface area contributed by atoms with Crippen LogP contribution in [-0.4, -0.2) is 99.6 Å². The third kappa shape index (κ3) is 3.71. The molecule has 1 heterocycles. The Morgan fingerprint density at radius 3 is 2.42 bits per heavy atom. The van der Waals surface area contributed by atoms with E-state index in [9.17, 15) is 34.8 Å². The summed E-state index contributed by atoms with van der Waals surface area (Å²) < 4.78 is 0. The second-order valence-corrected chi connectivity index (χ2v) is 11.2. The van der Waals surface area contributed by atoms with Crippen LogP contribution >= 0.6 is 0 Å². The lowest BCUT2D eigenvalue weighted by molar-refractivity contribution is -0.153. The number of anilines is 1. The molecule has 1 aromatic carbocycles. The highest BCUT2D eigenvalue weighted by molar-refractivity contribution is 6.24. The Labute approximate surface area is 220 Å². The summed E-state index contributed by atoms with van der Waals surface area (Å²) in [6.45, 7) is 1.82. The van der Waals surface area contributed by atoms with E-state index in [2.05, 4.69) is 17.3 Å². The van der Waals surface area contributed by atoms with E-state index in [1.54, 1.807) is 26.2 Å². The molecular weight excluding hydrogens is 492 g/mol. The number of hydrogen-bond donors (Lipinski definition) is 6. The number of benzene rings is 1. The van der Waals surface area contributed by atoms with Crippen LogP contribution in [0.25, 0.3) is 5.76 Å². The Morgan fingerprint density at radius 1 is 1.16 bits per heavy atom. The number of carbonyl (C=O) groups is 3. The van der Waals surface area contributed by atoms with Gasteiger partial charge in [-0.3, -0.25) is 19.3 Å². The predicted molar refractivity (Wildman–Crippen MR) is 138 cm³/mol. The van der Waals surface area contributed by atoms with Gasteiger partial charge in [0.25, 0.3) is 5.91 Å². The predicted octanol–water partition coefficient (Wildman–Crippen LogP) is 0.470. The van der Waals surface area contributed by atoms with Gasteiger partial charge in [0.1, 0.15) is 22.8 Å². The van der Waals surface area contributed by atoms with Crippen LogP contribution in [0.1, 0.15) is 30.4 Å². The summed E-state index contributed by atoms with van der Waals surface area (Å²) in [5.74, 6) is -6.46. The molecule has 3 aliphatic carbocycles. The lowest BCUT2D eigenvalue weighted by atomic mass is 9.57. The Hall–Kier alpha value is -3.41. The van der Waals surface area contributed by atoms with Crippen molar-refractivity contribution in [2.45, 2.75) is 43.4 Å². The van der Waals surface area contributed by atoms with E-state index in [0.29, 0.717) is 11.3 Å². The highest BCUT2D eigenvalue weighted by atomic mass is 16.3. The van der Waals surface area contributed by atoms with E-state index < -0.39 is 58.0 Å². The van der Waals surface area contributed by atoms with Crippen molar-refractivity contribution in [3.05, 3.63) is 40.2 Å². The Kier molecular flexibility index (Phi) is 6.28. The van der Waals surface area contributed by atoms with Gasteiger partial charge < -0.3 is 36.4 Å². The minimum absolute atomic E-state index is 0.0715. The van der Waals surface area contributed by atoms with Crippen molar-refractivity contribution in [3.63, 3.8) is 0 Å². The molecule has 0 aromatic heterocycles. The van der Waals surface area contributed by atoms with Gasteiger partial charge in [0.15, 0.2) is 11.4 Å². The van der Waals surface area contributed by atoms with Gasteiger partial charge in [-0.25, -0.2) is 0 Å². The molecule has 0 unspecified atom stereocenters. The Bertz CT molecular complexity index is 1290. The van der Waals surface area contributed by atoms with E-state index in [-0.39, 0.29) is 35.8 Å². The Balaban J connectivity index is 1.59. The van der Waals surface area contributed by atoms with Crippen LogP contribution in [0.5, 0.6) is 5.75 Å². The van der Waals surface area contributed by atoms with Crippen LogP contribution in [0.2, 0.25) is 0 Å². The average molecular weight is 527 g/mol. The largest absolute Gasteiger partial charge is 0.508 e. The van der Waals surface area contributed by atoms with Gasteiger partial charge in [0, 0.05) is 17.5 Å². The Morgan fingerprint density at radius 2 is 1.82 bits per heavy atom. The smallest absolute Gasteiger partial charge is 0.255 e. The third-order valence-corrected chi connectivity index (χ3v) is 8.67. The SMILES string of the molecule is CN1CCC(Nc2ccc3c(c2O)C(O)=C2C(=O)[C@@]4(O)C(O)=C(C(N)=O)C(=O)[C@H](N(C)C)[C@H]4C[C@H]2C3)CC1. The van der Waals surface area contributed by atoms with Crippen molar-refractivity contribution < 1.29 is 34.8 Å². The van der Waals surface area contributed by atoms with Crippen molar-refractivity contribution in [1.29, 1.82) is 0 Å². The van der Waals surface area contributed by atoms with E-state index in [1.807, 2.05) is 0 Å². The fourth-order valence-electron chi connectivity index (χ4n) is 6.71. The van der Waals surface area contributed by atoms with Gasteiger partial charge in [0.05, 0.1) is 17.3 Å². The summed E-state index contributed by atoms with van der Waals surface area (Å²) in [4.78, 5) is 42.8. The van der Waals surface area contributed by atoms with Gasteiger partial charge in [-0.2, -0.15) is 0 Å². The number of piperidine rings is 1. The number of likely N-dealkylation sites (N-methyl/N-ethyl adjacent to an activating group) is 1. The molecule has 1 aromatic rings. The van der Waals surface area contributed by atoms with Gasteiger partial charge in [-0.1, -0.05) is 6.07 Å². The summed E-state index contributed by atoms with van der Waals surface area (Å²) >= 11 is 0. The molecule has 1 aliphatic heterocycles. The first-order valence-electron chi connectivity index (χ1n) is 12.8. The highest BCUT2D eigenvalue weighted by Gasteiger charge is 2.64. The molecule has 11 nitrogen and oxygen atoms in total. The number of aromatic hydroxyl groups is 1. The zero-order valence-electron chi connectivity index (χ0n) is 21.7. The van der Waals surface area contributed by atoms with Gasteiger partial charge in [0.2, 0.25) is 5.78 Å². The molecule has 204 valence electrons. The molecule has 1 saturated heterocycles. The summed E-state index contributed by atoms with van der Waals surface area (Å²) in [7, 11) is 5.20. The minimum Gasteiger partial charge on any atom is -0.508 e. The molecule has 0 radical (unpaired) electrons. The van der Waals surface area contributed by atoms with Crippen molar-refractivity contribution >= 4 is 28.9 Å². The van der Waals surface area contributed by atoms with Crippen molar-refractivity contribution in [2.24, 2.45) is 17.6 Å². The number of ketones is 2. The molecule has 0 spiro atoms. The second kappa shape index (κ2) is 9.11. The first-order chi connectivity index (χ1) is 17.9. The summed E-state index contributed by atoms with van der Waals surface area (Å²) in [5.41, 5.74) is 2.91. The molecule has 1 amide bonds. The van der Waals surface area contributed by atoms with Crippen molar-refractivity contribution in [2.75, 3.05) is 39.5 Å².